The van der Waals surface area contributed by atoms with E-state index in [1.54, 1.807) is 0 Å². The second-order valence-electron chi connectivity index (χ2n) is 5.90. The van der Waals surface area contributed by atoms with E-state index in [4.69, 9.17) is 4.42 Å². The Labute approximate surface area is 121 Å². The zero-order chi connectivity index (χ0) is 14.1. The van der Waals surface area contributed by atoms with E-state index in [1.165, 1.54) is 36.0 Å². The molecule has 0 saturated heterocycles. The summed E-state index contributed by atoms with van der Waals surface area (Å²) < 4.78 is 5.65. The molecule has 106 valence electrons. The van der Waals surface area contributed by atoms with Gasteiger partial charge in [-0.3, -0.25) is 0 Å². The van der Waals surface area contributed by atoms with Gasteiger partial charge in [-0.25, -0.2) is 0 Å². The first-order chi connectivity index (χ1) is 9.65. The quantitative estimate of drug-likeness (QED) is 0.879. The summed E-state index contributed by atoms with van der Waals surface area (Å²) in [7, 11) is 0. The van der Waals surface area contributed by atoms with E-state index in [0.717, 1.165) is 11.5 Å². The number of hydrogen-bond acceptors (Lipinski definition) is 2. The summed E-state index contributed by atoms with van der Waals surface area (Å²) in [4.78, 5) is 0. The number of furan rings is 1. The Morgan fingerprint density at radius 1 is 1.25 bits per heavy atom. The number of aryl methyl sites for hydroxylation is 3. The van der Waals surface area contributed by atoms with Crippen LogP contribution in [0.4, 0.5) is 0 Å². The zero-order valence-electron chi connectivity index (χ0n) is 12.6. The summed E-state index contributed by atoms with van der Waals surface area (Å²) in [6.45, 7) is 6.29. The van der Waals surface area contributed by atoms with Gasteiger partial charge in [-0.15, -0.1) is 0 Å². The Kier molecular flexibility index (Phi) is 3.66. The Hall–Kier alpha value is -1.54. The Morgan fingerprint density at radius 2 is 2.05 bits per heavy atom. The second kappa shape index (κ2) is 5.45. The van der Waals surface area contributed by atoms with Crippen molar-refractivity contribution < 1.29 is 4.42 Å². The molecule has 0 radical (unpaired) electrons. The van der Waals surface area contributed by atoms with E-state index in [1.807, 2.05) is 6.92 Å². The molecular formula is C18H23NO. The number of fused-ring (bicyclic) bond motifs is 1. The Morgan fingerprint density at radius 3 is 2.80 bits per heavy atom. The van der Waals surface area contributed by atoms with Crippen molar-refractivity contribution in [3.8, 4) is 0 Å². The molecule has 1 heterocycles. The molecule has 20 heavy (non-hydrogen) atoms. The maximum atomic E-state index is 5.65. The van der Waals surface area contributed by atoms with Crippen LogP contribution < -0.4 is 5.32 Å². The SMILES string of the molecule is Cc1cc(C(C)NC2CCCc3ccccc32)c(C)o1. The number of benzene rings is 1. The third kappa shape index (κ3) is 2.53. The lowest BCUT2D eigenvalue weighted by atomic mass is 9.87. The molecule has 2 unspecified atom stereocenters. The molecular weight excluding hydrogens is 246 g/mol. The molecule has 0 bridgehead atoms. The molecule has 0 aliphatic heterocycles. The minimum Gasteiger partial charge on any atom is -0.466 e. The third-order valence-corrected chi connectivity index (χ3v) is 4.37. The van der Waals surface area contributed by atoms with E-state index in [0.29, 0.717) is 12.1 Å². The van der Waals surface area contributed by atoms with Gasteiger partial charge in [0.2, 0.25) is 0 Å². The van der Waals surface area contributed by atoms with Crippen LogP contribution in [0.1, 0.15) is 60.1 Å². The van der Waals surface area contributed by atoms with Gasteiger partial charge in [-0.05, 0) is 57.2 Å². The van der Waals surface area contributed by atoms with Crippen LogP contribution >= 0.6 is 0 Å². The first-order valence-electron chi connectivity index (χ1n) is 7.56. The van der Waals surface area contributed by atoms with E-state index in [2.05, 4.69) is 49.5 Å². The highest BCUT2D eigenvalue weighted by Gasteiger charge is 2.22. The van der Waals surface area contributed by atoms with E-state index in [9.17, 15) is 0 Å². The molecule has 2 atom stereocenters. The average Bonchev–Trinajstić information content (AvgIpc) is 2.78. The molecule has 1 aliphatic rings. The molecule has 2 heteroatoms. The third-order valence-electron chi connectivity index (χ3n) is 4.37. The molecule has 0 saturated carbocycles. The molecule has 2 nitrogen and oxygen atoms in total. The summed E-state index contributed by atoms with van der Waals surface area (Å²) >= 11 is 0. The molecule has 0 spiro atoms. The normalized spacial score (nSPS) is 19.6. The van der Waals surface area contributed by atoms with Crippen LogP contribution in [-0.2, 0) is 6.42 Å². The summed E-state index contributed by atoms with van der Waals surface area (Å²) in [6.07, 6.45) is 3.70. The smallest absolute Gasteiger partial charge is 0.105 e. The lowest BCUT2D eigenvalue weighted by Gasteiger charge is -2.29. The summed E-state index contributed by atoms with van der Waals surface area (Å²) in [5.74, 6) is 2.03. The van der Waals surface area contributed by atoms with Gasteiger partial charge >= 0.3 is 0 Å². The maximum Gasteiger partial charge on any atom is 0.105 e. The van der Waals surface area contributed by atoms with Gasteiger partial charge < -0.3 is 9.73 Å². The molecule has 1 aliphatic carbocycles. The lowest BCUT2D eigenvalue weighted by molar-refractivity contribution is 0.410. The molecule has 2 aromatic rings. The van der Waals surface area contributed by atoms with E-state index >= 15 is 0 Å². The fraction of sp³-hybridized carbons (Fsp3) is 0.444. The summed E-state index contributed by atoms with van der Waals surface area (Å²) in [5.41, 5.74) is 4.26. The van der Waals surface area contributed by atoms with Crippen molar-refractivity contribution in [2.75, 3.05) is 0 Å². The van der Waals surface area contributed by atoms with Crippen molar-refractivity contribution in [3.63, 3.8) is 0 Å². The molecule has 1 aromatic heterocycles. The van der Waals surface area contributed by atoms with Crippen LogP contribution in [0.25, 0.3) is 0 Å². The van der Waals surface area contributed by atoms with Gasteiger partial charge in [-0.1, -0.05) is 24.3 Å². The summed E-state index contributed by atoms with van der Waals surface area (Å²) in [5, 5.41) is 3.79. The highest BCUT2D eigenvalue weighted by molar-refractivity contribution is 5.33. The van der Waals surface area contributed by atoms with Crippen LogP contribution in [0, 0.1) is 13.8 Å². The summed E-state index contributed by atoms with van der Waals surface area (Å²) in [6, 6.07) is 11.8. The lowest BCUT2D eigenvalue weighted by Crippen LogP contribution is -2.27. The monoisotopic (exact) mass is 269 g/mol. The molecule has 1 N–H and O–H groups in total. The van der Waals surface area contributed by atoms with Crippen molar-refractivity contribution in [1.29, 1.82) is 0 Å². The van der Waals surface area contributed by atoms with Gasteiger partial charge in [0, 0.05) is 17.6 Å². The van der Waals surface area contributed by atoms with Crippen molar-refractivity contribution in [2.24, 2.45) is 0 Å². The minimum absolute atomic E-state index is 0.323. The fourth-order valence-corrected chi connectivity index (χ4v) is 3.40. The van der Waals surface area contributed by atoms with Crippen LogP contribution in [0.2, 0.25) is 0 Å². The average molecular weight is 269 g/mol. The van der Waals surface area contributed by atoms with Crippen LogP contribution in [0.5, 0.6) is 0 Å². The number of hydrogen-bond donors (Lipinski definition) is 1. The molecule has 1 aromatic carbocycles. The Bertz CT molecular complexity index is 599. The number of rotatable bonds is 3. The maximum absolute atomic E-state index is 5.65. The van der Waals surface area contributed by atoms with Crippen LogP contribution in [0.15, 0.2) is 34.7 Å². The van der Waals surface area contributed by atoms with E-state index < -0.39 is 0 Å². The van der Waals surface area contributed by atoms with Gasteiger partial charge in [0.1, 0.15) is 11.5 Å². The zero-order valence-corrected chi connectivity index (χ0v) is 12.6. The minimum atomic E-state index is 0.323. The highest BCUT2D eigenvalue weighted by Crippen LogP contribution is 2.32. The van der Waals surface area contributed by atoms with Gasteiger partial charge in [0.15, 0.2) is 0 Å². The number of nitrogens with one attached hydrogen (secondary N) is 1. The van der Waals surface area contributed by atoms with Gasteiger partial charge in [0.25, 0.3) is 0 Å². The second-order valence-corrected chi connectivity index (χ2v) is 5.90. The topological polar surface area (TPSA) is 25.2 Å². The van der Waals surface area contributed by atoms with Crippen LogP contribution in [0.3, 0.4) is 0 Å². The largest absolute Gasteiger partial charge is 0.466 e. The van der Waals surface area contributed by atoms with E-state index in [-0.39, 0.29) is 0 Å². The first-order valence-corrected chi connectivity index (χ1v) is 7.56. The predicted octanol–water partition coefficient (Wildman–Crippen LogP) is 4.62. The van der Waals surface area contributed by atoms with Crippen molar-refractivity contribution in [1.82, 2.24) is 5.32 Å². The van der Waals surface area contributed by atoms with Crippen molar-refractivity contribution >= 4 is 0 Å². The predicted molar refractivity (Wildman–Crippen MR) is 81.9 cm³/mol. The molecule has 3 rings (SSSR count). The van der Waals surface area contributed by atoms with Gasteiger partial charge in [0.05, 0.1) is 0 Å². The molecule has 0 fully saturated rings. The highest BCUT2D eigenvalue weighted by atomic mass is 16.3. The standard InChI is InChI=1S/C18H23NO/c1-12-11-17(14(3)20-12)13(2)19-18-10-6-8-15-7-4-5-9-16(15)18/h4-5,7,9,11,13,18-19H,6,8,10H2,1-3H3. The van der Waals surface area contributed by atoms with Crippen molar-refractivity contribution in [2.45, 2.75) is 52.1 Å². The first kappa shape index (κ1) is 13.4. The van der Waals surface area contributed by atoms with Gasteiger partial charge in [-0.2, -0.15) is 0 Å². The fourth-order valence-electron chi connectivity index (χ4n) is 3.40. The Balaban J connectivity index is 1.80. The molecule has 0 amide bonds. The van der Waals surface area contributed by atoms with Crippen LogP contribution in [-0.4, -0.2) is 0 Å². The van der Waals surface area contributed by atoms with Crippen molar-refractivity contribution in [3.05, 3.63) is 58.5 Å².